The fourth-order valence-corrected chi connectivity index (χ4v) is 10.6. The van der Waals surface area contributed by atoms with Gasteiger partial charge in [0.1, 0.15) is 0 Å². The van der Waals surface area contributed by atoms with Crippen molar-refractivity contribution in [3.05, 3.63) is 111 Å². The van der Waals surface area contributed by atoms with E-state index in [1.54, 1.807) is 0 Å². The van der Waals surface area contributed by atoms with Crippen molar-refractivity contribution in [3.8, 4) is 22.3 Å². The number of nitrogen functional groups attached to an aromatic ring is 1. The van der Waals surface area contributed by atoms with Gasteiger partial charge in [-0.05, 0) is 166 Å². The highest BCUT2D eigenvalue weighted by Crippen LogP contribution is 2.45. The Morgan fingerprint density at radius 3 is 1.18 bits per heavy atom. The van der Waals surface area contributed by atoms with E-state index in [9.17, 15) is 0 Å². The Hall–Kier alpha value is -5.16. The number of allylic oxidation sites excluding steroid dienone is 4. The number of aromatic nitrogens is 4. The molecule has 66 heavy (non-hydrogen) atoms. The Morgan fingerprint density at radius 1 is 0.439 bits per heavy atom. The van der Waals surface area contributed by atoms with E-state index in [0.29, 0.717) is 0 Å². The lowest BCUT2D eigenvalue weighted by Crippen LogP contribution is -1.91. The van der Waals surface area contributed by atoms with Crippen LogP contribution in [0.25, 0.3) is 66.6 Å². The number of hydrogen-bond acceptors (Lipinski definition) is 3. The molecular formula is C61H81N5. The van der Waals surface area contributed by atoms with Crippen LogP contribution in [0.2, 0.25) is 0 Å². The minimum atomic E-state index is 0.769. The van der Waals surface area contributed by atoms with Crippen LogP contribution in [-0.4, -0.2) is 19.9 Å². The third-order valence-corrected chi connectivity index (χ3v) is 14.7. The second-order valence-corrected chi connectivity index (χ2v) is 19.7. The molecule has 5 heteroatoms. The van der Waals surface area contributed by atoms with Crippen LogP contribution >= 0.6 is 0 Å². The van der Waals surface area contributed by atoms with Crippen LogP contribution in [0.3, 0.4) is 0 Å². The van der Waals surface area contributed by atoms with Crippen LogP contribution < -0.4 is 5.73 Å². The van der Waals surface area contributed by atoms with Gasteiger partial charge in [0.2, 0.25) is 0 Å². The number of nitrogens with zero attached hydrogens (tertiary/aromatic N) is 2. The highest BCUT2D eigenvalue weighted by Gasteiger charge is 2.26. The van der Waals surface area contributed by atoms with Gasteiger partial charge in [-0.1, -0.05) is 147 Å². The zero-order chi connectivity index (χ0) is 46.7. The molecule has 5 aromatic rings. The van der Waals surface area contributed by atoms with Crippen molar-refractivity contribution in [2.45, 2.75) is 191 Å². The number of hydrogen-bond donors (Lipinski definition) is 3. The summed E-state index contributed by atoms with van der Waals surface area (Å²) in [6, 6.07) is 22.5. The summed E-state index contributed by atoms with van der Waals surface area (Å²) in [6.07, 6.45) is 23.5. The molecule has 2 aliphatic rings. The zero-order valence-corrected chi connectivity index (χ0v) is 42.4. The number of nitrogens with one attached hydrogen (secondary N) is 2. The largest absolute Gasteiger partial charge is 0.399 e. The molecule has 0 unspecified atom stereocenters. The second-order valence-electron chi connectivity index (χ2n) is 19.7. The van der Waals surface area contributed by atoms with E-state index < -0.39 is 0 Å². The first kappa shape index (κ1) is 48.8. The summed E-state index contributed by atoms with van der Waals surface area (Å²) >= 11 is 0. The summed E-state index contributed by atoms with van der Waals surface area (Å²) in [7, 11) is 0. The van der Waals surface area contributed by atoms with Crippen LogP contribution in [-0.2, 0) is 12.8 Å². The number of fused-ring (bicyclic) bond motifs is 8. The highest BCUT2D eigenvalue weighted by atomic mass is 14.8. The monoisotopic (exact) mass is 884 g/mol. The van der Waals surface area contributed by atoms with Gasteiger partial charge in [0.05, 0.1) is 33.8 Å². The summed E-state index contributed by atoms with van der Waals surface area (Å²) in [5.74, 6) is 0. The van der Waals surface area contributed by atoms with E-state index in [4.69, 9.17) is 15.7 Å². The highest BCUT2D eigenvalue weighted by molar-refractivity contribution is 6.03. The lowest BCUT2D eigenvalue weighted by Gasteiger charge is -2.09. The van der Waals surface area contributed by atoms with Crippen LogP contribution in [0, 0.1) is 20.8 Å². The summed E-state index contributed by atoms with van der Waals surface area (Å²) in [6.45, 7) is 20.8. The van der Waals surface area contributed by atoms with E-state index >= 15 is 0 Å². The minimum absolute atomic E-state index is 0.769. The maximum absolute atomic E-state index is 6.40. The molecule has 2 aromatic carbocycles. The maximum atomic E-state index is 6.40. The smallest absolute Gasteiger partial charge is 0.0769 e. The van der Waals surface area contributed by atoms with Crippen molar-refractivity contribution in [3.63, 3.8) is 0 Å². The van der Waals surface area contributed by atoms with Gasteiger partial charge < -0.3 is 15.7 Å². The third kappa shape index (κ3) is 10.8. The van der Waals surface area contributed by atoms with Gasteiger partial charge in [0.15, 0.2) is 0 Å². The Bertz CT molecular complexity index is 2490. The topological polar surface area (TPSA) is 83.4 Å². The first-order chi connectivity index (χ1) is 32.1. The first-order valence-electron chi connectivity index (χ1n) is 26.2. The van der Waals surface area contributed by atoms with Gasteiger partial charge in [0, 0.05) is 27.8 Å². The van der Waals surface area contributed by atoms with E-state index in [2.05, 4.69) is 133 Å². The SMILES string of the molecule is CCCCCCC1=C(C)c2nc1cc1[nH]c(c(C)c1CCCCCC)c(-c1ccc(C)cc1)c1nc(cc3[nH]c(c(C)c3CCCCCC)c2-c2ccc(N)cc2)C(CCCCCC)=C1C. The number of unbranched alkanes of at least 4 members (excludes halogenated alkanes) is 12. The molecule has 5 nitrogen and oxygen atoms in total. The standard InChI is InChI=1S/C61H81N5/c1-10-14-18-22-26-48-41(6)58-56(45-32-30-40(5)31-33-45)59-42(7)49(27-23-19-15-11-2)53(64-59)39-55-51(29-25-21-17-13-4)44(9)61(66-55)57(46-34-36-47(62)37-35-46)60-43(8)50(28-24-20-16-12-3)54(65-60)38-52(48)63-58/h30-39,63,66H,10-29,62H2,1-9H3. The Balaban J connectivity index is 1.68. The molecule has 350 valence electrons. The lowest BCUT2D eigenvalue weighted by molar-refractivity contribution is 0.667. The Morgan fingerprint density at radius 2 is 0.803 bits per heavy atom. The van der Waals surface area contributed by atoms with Crippen molar-refractivity contribution in [2.75, 3.05) is 5.73 Å². The first-order valence-corrected chi connectivity index (χ1v) is 26.2. The van der Waals surface area contributed by atoms with Crippen molar-refractivity contribution >= 4 is 50.0 Å². The molecule has 8 bridgehead atoms. The molecule has 2 aliphatic heterocycles. The van der Waals surface area contributed by atoms with Gasteiger partial charge >= 0.3 is 0 Å². The number of aryl methyl sites for hydroxylation is 5. The van der Waals surface area contributed by atoms with E-state index in [1.807, 2.05) is 0 Å². The van der Waals surface area contributed by atoms with Crippen LogP contribution in [0.1, 0.15) is 208 Å². The minimum Gasteiger partial charge on any atom is -0.399 e. The fourth-order valence-electron chi connectivity index (χ4n) is 10.6. The quantitative estimate of drug-likeness (QED) is 0.0478. The molecule has 7 rings (SSSR count). The molecule has 0 saturated heterocycles. The molecule has 5 heterocycles. The lowest BCUT2D eigenvalue weighted by atomic mass is 9.93. The predicted molar refractivity (Wildman–Crippen MR) is 289 cm³/mol. The summed E-state index contributed by atoms with van der Waals surface area (Å²) in [4.78, 5) is 19.9. The average molecular weight is 884 g/mol. The number of rotatable bonds is 22. The molecule has 0 spiro atoms. The van der Waals surface area contributed by atoms with E-state index in [1.165, 1.54) is 155 Å². The van der Waals surface area contributed by atoms with Crippen molar-refractivity contribution in [1.82, 2.24) is 19.9 Å². The molecule has 4 N–H and O–H groups in total. The number of H-pyrrole nitrogens is 2. The van der Waals surface area contributed by atoms with Crippen LogP contribution in [0.15, 0.2) is 60.7 Å². The van der Waals surface area contributed by atoms with E-state index in [0.717, 1.165) is 96.5 Å². The number of anilines is 1. The predicted octanol–water partition coefficient (Wildman–Crippen LogP) is 18.2. The molecule has 0 saturated carbocycles. The van der Waals surface area contributed by atoms with Gasteiger partial charge in [-0.3, -0.25) is 0 Å². The van der Waals surface area contributed by atoms with Crippen molar-refractivity contribution in [2.24, 2.45) is 0 Å². The molecule has 0 amide bonds. The number of nitrogens with two attached hydrogens (primary N) is 1. The van der Waals surface area contributed by atoms with Gasteiger partial charge in [-0.25, -0.2) is 9.97 Å². The van der Waals surface area contributed by atoms with Gasteiger partial charge in [0.25, 0.3) is 0 Å². The summed E-state index contributed by atoms with van der Waals surface area (Å²) < 4.78 is 0. The van der Waals surface area contributed by atoms with E-state index in [-0.39, 0.29) is 0 Å². The molecule has 0 aliphatic carbocycles. The Labute approximate surface area is 398 Å². The Kier molecular flexibility index (Phi) is 17.0. The van der Waals surface area contributed by atoms with Crippen LogP contribution in [0.5, 0.6) is 0 Å². The summed E-state index contributed by atoms with van der Waals surface area (Å²) in [5, 5.41) is 0. The third-order valence-electron chi connectivity index (χ3n) is 14.7. The van der Waals surface area contributed by atoms with Gasteiger partial charge in [-0.15, -0.1) is 0 Å². The normalized spacial score (nSPS) is 12.9. The fraction of sp³-hybridized carbons (Fsp3) is 0.475. The average Bonchev–Trinajstić information content (AvgIpc) is 3.99. The van der Waals surface area contributed by atoms with Gasteiger partial charge in [-0.2, -0.15) is 0 Å². The number of aromatic amines is 2. The van der Waals surface area contributed by atoms with Crippen molar-refractivity contribution < 1.29 is 0 Å². The second kappa shape index (κ2) is 23.0. The molecular weight excluding hydrogens is 803 g/mol. The molecule has 0 fully saturated rings. The maximum Gasteiger partial charge on any atom is 0.0769 e. The van der Waals surface area contributed by atoms with Crippen LogP contribution in [0.4, 0.5) is 5.69 Å². The summed E-state index contributed by atoms with van der Waals surface area (Å²) in [5.41, 5.74) is 33.0. The van der Waals surface area contributed by atoms with Crippen molar-refractivity contribution in [1.29, 1.82) is 0 Å². The number of benzene rings is 2. The molecule has 0 radical (unpaired) electrons. The molecule has 0 atom stereocenters. The molecule has 3 aromatic heterocycles. The zero-order valence-electron chi connectivity index (χ0n) is 42.4.